The maximum absolute atomic E-state index is 13.3. The minimum Gasteiger partial charge on any atom is -0.241 e. The summed E-state index contributed by atoms with van der Waals surface area (Å²) < 4.78 is 28.2. The molecule has 0 saturated carbocycles. The van der Waals surface area contributed by atoms with E-state index in [1.165, 1.54) is 26.2 Å². The van der Waals surface area contributed by atoms with E-state index in [4.69, 9.17) is 0 Å². The number of benzene rings is 2. The van der Waals surface area contributed by atoms with Gasteiger partial charge in [0.05, 0.1) is 10.4 Å². The number of aromatic nitrogens is 1. The molecule has 0 fully saturated rings. The first-order chi connectivity index (χ1) is 12.4. The Hall–Kier alpha value is -2.07. The number of rotatable bonds is 3. The third kappa shape index (κ3) is 2.28. The van der Waals surface area contributed by atoms with Crippen molar-refractivity contribution in [3.05, 3.63) is 64.8 Å². The first-order valence-electron chi connectivity index (χ1n) is 9.34. The molecule has 4 heteroatoms. The Morgan fingerprint density at radius 3 is 2.35 bits per heavy atom. The predicted octanol–water partition coefficient (Wildman–Crippen LogP) is 5.36. The van der Waals surface area contributed by atoms with Crippen molar-refractivity contribution in [1.29, 1.82) is 0 Å². The highest BCUT2D eigenvalue weighted by Gasteiger charge is 2.33. The summed E-state index contributed by atoms with van der Waals surface area (Å²) in [7, 11) is -3.61. The van der Waals surface area contributed by atoms with Crippen LogP contribution >= 0.6 is 0 Å². The highest BCUT2D eigenvalue weighted by atomic mass is 32.2. The van der Waals surface area contributed by atoms with Crippen LogP contribution in [0.1, 0.15) is 61.3 Å². The topological polar surface area (TPSA) is 39.1 Å². The molecule has 0 aliphatic heterocycles. The molecule has 3 nitrogen and oxygen atoms in total. The zero-order valence-corrected chi connectivity index (χ0v) is 16.6. The van der Waals surface area contributed by atoms with Crippen LogP contribution < -0.4 is 0 Å². The molecule has 0 bridgehead atoms. The van der Waals surface area contributed by atoms with Crippen molar-refractivity contribution in [3.63, 3.8) is 0 Å². The largest absolute Gasteiger partial charge is 0.268 e. The van der Waals surface area contributed by atoms with Crippen LogP contribution in [-0.4, -0.2) is 12.4 Å². The lowest BCUT2D eigenvalue weighted by atomic mass is 9.89. The molecule has 2 aromatic carbocycles. The van der Waals surface area contributed by atoms with Gasteiger partial charge in [0.1, 0.15) is 0 Å². The van der Waals surface area contributed by atoms with Crippen LogP contribution in [-0.2, 0) is 16.4 Å². The van der Waals surface area contributed by atoms with Gasteiger partial charge in [-0.15, -0.1) is 0 Å². The van der Waals surface area contributed by atoms with Gasteiger partial charge in [0.2, 0.25) is 0 Å². The summed E-state index contributed by atoms with van der Waals surface area (Å²) in [5, 5.41) is 1.09. The third-order valence-electron chi connectivity index (χ3n) is 5.93. The van der Waals surface area contributed by atoms with Gasteiger partial charge in [-0.1, -0.05) is 39.0 Å². The SMILES string of the molecule is CCc1c(C)c2c(c3c1ccn3S(=O)(=O)c1ccccc1)[C@@H](C)C[C@H]2C. The molecule has 26 heavy (non-hydrogen) atoms. The van der Waals surface area contributed by atoms with Gasteiger partial charge in [0.15, 0.2) is 0 Å². The van der Waals surface area contributed by atoms with Crippen molar-refractivity contribution in [2.75, 3.05) is 0 Å². The highest BCUT2D eigenvalue weighted by molar-refractivity contribution is 7.90. The highest BCUT2D eigenvalue weighted by Crippen LogP contribution is 2.48. The molecule has 1 aliphatic carbocycles. The van der Waals surface area contributed by atoms with Crippen LogP contribution in [0.2, 0.25) is 0 Å². The molecule has 1 heterocycles. The molecule has 0 spiro atoms. The molecule has 1 aromatic heterocycles. The summed E-state index contributed by atoms with van der Waals surface area (Å²) in [6.07, 6.45) is 3.72. The number of nitrogens with zero attached hydrogens (tertiary/aromatic N) is 1. The molecular weight excluding hydrogens is 342 g/mol. The van der Waals surface area contributed by atoms with Gasteiger partial charge in [-0.2, -0.15) is 0 Å². The Kier molecular flexibility index (Phi) is 3.99. The van der Waals surface area contributed by atoms with Gasteiger partial charge in [-0.3, -0.25) is 0 Å². The maximum atomic E-state index is 13.3. The molecule has 3 aromatic rings. The summed E-state index contributed by atoms with van der Waals surface area (Å²) in [6.45, 7) is 8.84. The molecule has 0 N–H and O–H groups in total. The van der Waals surface area contributed by atoms with Gasteiger partial charge in [0.25, 0.3) is 10.0 Å². The van der Waals surface area contributed by atoms with E-state index in [1.807, 2.05) is 12.1 Å². The molecule has 2 atom stereocenters. The summed E-state index contributed by atoms with van der Waals surface area (Å²) >= 11 is 0. The maximum Gasteiger partial charge on any atom is 0.268 e. The summed E-state index contributed by atoms with van der Waals surface area (Å²) in [4.78, 5) is 0.337. The monoisotopic (exact) mass is 367 g/mol. The van der Waals surface area contributed by atoms with Crippen molar-refractivity contribution in [2.45, 2.75) is 57.3 Å². The quantitative estimate of drug-likeness (QED) is 0.625. The lowest BCUT2D eigenvalue weighted by molar-refractivity contribution is 0.589. The molecule has 1 aliphatic rings. The molecule has 0 radical (unpaired) electrons. The van der Waals surface area contributed by atoms with Gasteiger partial charge < -0.3 is 0 Å². The standard InChI is InChI=1S/C22H25NO2S/c1-5-18-16(4)20-14(2)13-15(3)21(20)22-19(18)11-12-23(22)26(24,25)17-9-7-6-8-10-17/h6-12,14-15H,5,13H2,1-4H3/t14-,15+/m1/s1. The van der Waals surface area contributed by atoms with Crippen LogP contribution in [0.25, 0.3) is 10.9 Å². The smallest absolute Gasteiger partial charge is 0.241 e. The summed E-state index contributed by atoms with van der Waals surface area (Å²) in [5.74, 6) is 0.837. The van der Waals surface area contributed by atoms with E-state index in [0.717, 1.165) is 23.7 Å². The Morgan fingerprint density at radius 2 is 1.69 bits per heavy atom. The molecule has 136 valence electrons. The lowest BCUT2D eigenvalue weighted by Gasteiger charge is -2.18. The summed E-state index contributed by atoms with van der Waals surface area (Å²) in [6, 6.07) is 10.7. The Labute approximate surface area is 155 Å². The fourth-order valence-electron chi connectivity index (χ4n) is 4.88. The lowest BCUT2D eigenvalue weighted by Crippen LogP contribution is -2.13. The second-order valence-electron chi connectivity index (χ2n) is 7.51. The van der Waals surface area contributed by atoms with Crippen LogP contribution in [0, 0.1) is 6.92 Å². The van der Waals surface area contributed by atoms with Crippen LogP contribution in [0.5, 0.6) is 0 Å². The minimum absolute atomic E-state index is 0.337. The first-order valence-corrected chi connectivity index (χ1v) is 10.8. The van der Waals surface area contributed by atoms with Crippen LogP contribution in [0.15, 0.2) is 47.5 Å². The number of hydrogen-bond acceptors (Lipinski definition) is 2. The Bertz CT molecular complexity index is 1090. The third-order valence-corrected chi connectivity index (χ3v) is 7.62. The zero-order chi connectivity index (χ0) is 18.6. The molecule has 4 rings (SSSR count). The predicted molar refractivity (Wildman–Crippen MR) is 107 cm³/mol. The number of hydrogen-bond donors (Lipinski definition) is 0. The average Bonchev–Trinajstić information content (AvgIpc) is 3.18. The second-order valence-corrected chi connectivity index (χ2v) is 9.33. The number of aryl methyl sites for hydroxylation is 1. The van der Waals surface area contributed by atoms with Crippen molar-refractivity contribution in [1.82, 2.24) is 3.97 Å². The molecule has 0 unspecified atom stereocenters. The average molecular weight is 368 g/mol. The van der Waals surface area contributed by atoms with Gasteiger partial charge in [-0.25, -0.2) is 12.4 Å². The van der Waals surface area contributed by atoms with E-state index in [9.17, 15) is 8.42 Å². The summed E-state index contributed by atoms with van der Waals surface area (Å²) in [5.41, 5.74) is 6.11. The van der Waals surface area contributed by atoms with E-state index in [-0.39, 0.29) is 0 Å². The van der Waals surface area contributed by atoms with Crippen molar-refractivity contribution in [2.24, 2.45) is 0 Å². The Morgan fingerprint density at radius 1 is 1.04 bits per heavy atom. The first kappa shape index (κ1) is 17.3. The fraction of sp³-hybridized carbons (Fsp3) is 0.364. The van der Waals surface area contributed by atoms with Gasteiger partial charge in [0, 0.05) is 11.6 Å². The van der Waals surface area contributed by atoms with Crippen molar-refractivity contribution >= 4 is 20.9 Å². The normalized spacial score (nSPS) is 19.8. The Balaban J connectivity index is 2.12. The molecule has 0 amide bonds. The van der Waals surface area contributed by atoms with E-state index < -0.39 is 10.0 Å². The van der Waals surface area contributed by atoms with E-state index in [1.54, 1.807) is 30.5 Å². The molecular formula is C22H25NO2S. The van der Waals surface area contributed by atoms with Crippen molar-refractivity contribution in [3.8, 4) is 0 Å². The van der Waals surface area contributed by atoms with Gasteiger partial charge >= 0.3 is 0 Å². The van der Waals surface area contributed by atoms with E-state index in [2.05, 4.69) is 27.7 Å². The van der Waals surface area contributed by atoms with E-state index in [0.29, 0.717) is 16.7 Å². The molecule has 0 saturated heterocycles. The minimum atomic E-state index is -3.61. The second kappa shape index (κ2) is 5.98. The van der Waals surface area contributed by atoms with Crippen molar-refractivity contribution < 1.29 is 8.42 Å². The van der Waals surface area contributed by atoms with E-state index >= 15 is 0 Å². The van der Waals surface area contributed by atoms with Crippen LogP contribution in [0.3, 0.4) is 0 Å². The fourth-order valence-corrected chi connectivity index (χ4v) is 6.26. The number of fused-ring (bicyclic) bond motifs is 3. The zero-order valence-electron chi connectivity index (χ0n) is 15.8. The van der Waals surface area contributed by atoms with Gasteiger partial charge in [-0.05, 0) is 72.1 Å². The van der Waals surface area contributed by atoms with Crippen LogP contribution in [0.4, 0.5) is 0 Å².